The summed E-state index contributed by atoms with van der Waals surface area (Å²) in [4.78, 5) is 25.8. The molecule has 29 heavy (non-hydrogen) atoms. The minimum absolute atomic E-state index is 0.000440. The molecule has 148 valence electrons. The van der Waals surface area contributed by atoms with Gasteiger partial charge in [-0.05, 0) is 69.0 Å². The van der Waals surface area contributed by atoms with E-state index in [4.69, 9.17) is 23.2 Å². The van der Waals surface area contributed by atoms with Crippen molar-refractivity contribution in [3.63, 3.8) is 0 Å². The molecule has 0 radical (unpaired) electrons. The summed E-state index contributed by atoms with van der Waals surface area (Å²) < 4.78 is 0. The number of rotatable bonds is 3. The van der Waals surface area contributed by atoms with Crippen LogP contribution in [-0.2, 0) is 4.79 Å². The number of allylic oxidation sites excluding steroid dienone is 6. The van der Waals surface area contributed by atoms with Crippen LogP contribution in [0.2, 0.25) is 0 Å². The zero-order chi connectivity index (χ0) is 21.5. The summed E-state index contributed by atoms with van der Waals surface area (Å²) in [5.41, 5.74) is 7.45. The number of Topliss-reactive ketones (excluding diaryl/α,β-unsaturated/α-hetero) is 2. The van der Waals surface area contributed by atoms with Crippen LogP contribution >= 0.6 is 23.2 Å². The summed E-state index contributed by atoms with van der Waals surface area (Å²) >= 11 is 12.3. The van der Waals surface area contributed by atoms with Crippen LogP contribution in [0, 0.1) is 34.6 Å². The fraction of sp³-hybridized carbons (Fsp3) is 0.200. The highest BCUT2D eigenvalue weighted by atomic mass is 35.5. The minimum Gasteiger partial charge on any atom is -0.289 e. The first-order valence-electron chi connectivity index (χ1n) is 9.33. The van der Waals surface area contributed by atoms with Crippen molar-refractivity contribution in [3.05, 3.63) is 97.1 Å². The highest BCUT2D eigenvalue weighted by Crippen LogP contribution is 2.34. The van der Waals surface area contributed by atoms with E-state index in [1.807, 2.05) is 58.9 Å². The molecule has 0 bridgehead atoms. The molecule has 0 heterocycles. The van der Waals surface area contributed by atoms with Crippen LogP contribution in [-0.4, -0.2) is 11.6 Å². The number of carbonyl (C=O) groups excluding carboxylic acids is 2. The maximum absolute atomic E-state index is 13.8. The van der Waals surface area contributed by atoms with E-state index in [2.05, 4.69) is 6.07 Å². The Morgan fingerprint density at radius 1 is 0.724 bits per heavy atom. The Morgan fingerprint density at radius 3 is 1.66 bits per heavy atom. The number of hydrogen-bond donors (Lipinski definition) is 0. The van der Waals surface area contributed by atoms with Crippen molar-refractivity contribution in [2.24, 2.45) is 0 Å². The van der Waals surface area contributed by atoms with Gasteiger partial charge in [0.05, 0.1) is 10.1 Å². The van der Waals surface area contributed by atoms with Crippen molar-refractivity contribution in [1.82, 2.24) is 0 Å². The fourth-order valence-corrected chi connectivity index (χ4v) is 4.40. The average Bonchev–Trinajstić information content (AvgIpc) is 2.58. The second-order valence-corrected chi connectivity index (χ2v) is 8.44. The SMILES string of the molecule is Cc1cc(C)cc(C(C(=O)c2c(C)cc(C)cc2C)=C2C=C(Cl)C(=O)C(Cl)=C2)c1. The number of benzene rings is 2. The number of hydrogen-bond acceptors (Lipinski definition) is 2. The summed E-state index contributed by atoms with van der Waals surface area (Å²) in [6.07, 6.45) is 3.05. The molecule has 0 unspecified atom stereocenters. The van der Waals surface area contributed by atoms with Gasteiger partial charge in [0.1, 0.15) is 0 Å². The maximum Gasteiger partial charge on any atom is 0.215 e. The fourth-order valence-electron chi connectivity index (χ4n) is 3.92. The van der Waals surface area contributed by atoms with Crippen molar-refractivity contribution < 1.29 is 9.59 Å². The van der Waals surface area contributed by atoms with Crippen LogP contribution in [0.1, 0.15) is 43.7 Å². The topological polar surface area (TPSA) is 34.1 Å². The van der Waals surface area contributed by atoms with Crippen LogP contribution in [0.25, 0.3) is 5.57 Å². The van der Waals surface area contributed by atoms with Crippen LogP contribution in [0.4, 0.5) is 0 Å². The second-order valence-electron chi connectivity index (χ2n) is 7.62. The predicted molar refractivity (Wildman–Crippen MR) is 121 cm³/mol. The van der Waals surface area contributed by atoms with Gasteiger partial charge < -0.3 is 0 Å². The first kappa shape index (κ1) is 21.3. The zero-order valence-corrected chi connectivity index (χ0v) is 18.6. The molecule has 1 aliphatic rings. The van der Waals surface area contributed by atoms with E-state index in [1.54, 1.807) is 0 Å². The Morgan fingerprint density at radius 2 is 1.17 bits per heavy atom. The van der Waals surface area contributed by atoms with Gasteiger partial charge in [-0.15, -0.1) is 0 Å². The normalized spacial score (nSPS) is 13.9. The summed E-state index contributed by atoms with van der Waals surface area (Å²) in [5, 5.41) is -0.000880. The molecule has 0 saturated heterocycles. The molecule has 0 aliphatic heterocycles. The molecular weight excluding hydrogens is 403 g/mol. The number of aryl methyl sites for hydroxylation is 5. The van der Waals surface area contributed by atoms with E-state index in [1.165, 1.54) is 12.2 Å². The van der Waals surface area contributed by atoms with Crippen molar-refractivity contribution >= 4 is 40.3 Å². The molecule has 2 aromatic carbocycles. The van der Waals surface area contributed by atoms with Gasteiger partial charge in [0.2, 0.25) is 5.78 Å². The Balaban J connectivity index is 2.35. The molecule has 1 aliphatic carbocycles. The third-order valence-electron chi connectivity index (χ3n) is 4.93. The standard InChI is InChI=1S/C25H22Cl2O2/c1-13-6-14(2)10-18(9-13)23(19-11-20(26)24(28)21(27)12-19)25(29)22-16(4)7-15(3)8-17(22)5/h6-12H,1-5H3. The quantitative estimate of drug-likeness (QED) is 0.405. The Bertz CT molecular complexity index is 1080. The van der Waals surface area contributed by atoms with Gasteiger partial charge in [-0.2, -0.15) is 0 Å². The Kier molecular flexibility index (Phi) is 5.97. The van der Waals surface area contributed by atoms with Crippen LogP contribution in [0.15, 0.2) is 58.1 Å². The van der Waals surface area contributed by atoms with E-state index in [0.29, 0.717) is 16.7 Å². The van der Waals surface area contributed by atoms with Gasteiger partial charge in [-0.25, -0.2) is 0 Å². The highest BCUT2D eigenvalue weighted by Gasteiger charge is 2.25. The first-order valence-corrected chi connectivity index (χ1v) is 10.1. The molecule has 2 nitrogen and oxygen atoms in total. The Labute approximate surface area is 181 Å². The van der Waals surface area contributed by atoms with Crippen LogP contribution in [0.5, 0.6) is 0 Å². The lowest BCUT2D eigenvalue weighted by Crippen LogP contribution is -2.12. The summed E-state index contributed by atoms with van der Waals surface area (Å²) in [5.74, 6) is -0.553. The molecule has 0 atom stereocenters. The van der Waals surface area contributed by atoms with Crippen LogP contribution in [0.3, 0.4) is 0 Å². The molecule has 3 rings (SSSR count). The zero-order valence-electron chi connectivity index (χ0n) is 17.1. The van der Waals surface area contributed by atoms with E-state index in [0.717, 1.165) is 33.4 Å². The Hall–Kier alpha value is -2.42. The van der Waals surface area contributed by atoms with Gasteiger partial charge in [0.25, 0.3) is 0 Å². The third-order valence-corrected chi connectivity index (χ3v) is 5.49. The molecule has 0 aromatic heterocycles. The molecular formula is C25H22Cl2O2. The van der Waals surface area contributed by atoms with Gasteiger partial charge in [0, 0.05) is 11.1 Å². The molecule has 0 fully saturated rings. The molecule has 0 spiro atoms. The average molecular weight is 425 g/mol. The van der Waals surface area contributed by atoms with Crippen molar-refractivity contribution in [2.45, 2.75) is 34.6 Å². The largest absolute Gasteiger partial charge is 0.289 e. The lowest BCUT2D eigenvalue weighted by molar-refractivity contribution is -0.111. The first-order chi connectivity index (χ1) is 13.6. The lowest BCUT2D eigenvalue weighted by atomic mass is 9.85. The lowest BCUT2D eigenvalue weighted by Gasteiger charge is -2.18. The van der Waals surface area contributed by atoms with E-state index < -0.39 is 5.78 Å². The summed E-state index contributed by atoms with van der Waals surface area (Å²) in [7, 11) is 0. The van der Waals surface area contributed by atoms with E-state index >= 15 is 0 Å². The number of halogens is 2. The molecule has 0 saturated carbocycles. The van der Waals surface area contributed by atoms with E-state index in [-0.39, 0.29) is 15.8 Å². The second kappa shape index (κ2) is 8.14. The maximum atomic E-state index is 13.8. The highest BCUT2D eigenvalue weighted by molar-refractivity contribution is 6.55. The van der Waals surface area contributed by atoms with Gasteiger partial charge in [0.15, 0.2) is 5.78 Å². The van der Waals surface area contributed by atoms with Gasteiger partial charge >= 0.3 is 0 Å². The van der Waals surface area contributed by atoms with Crippen molar-refractivity contribution in [1.29, 1.82) is 0 Å². The molecule has 4 heteroatoms. The van der Waals surface area contributed by atoms with E-state index in [9.17, 15) is 9.59 Å². The van der Waals surface area contributed by atoms with Crippen molar-refractivity contribution in [3.8, 4) is 0 Å². The summed E-state index contributed by atoms with van der Waals surface area (Å²) in [6.45, 7) is 9.86. The van der Waals surface area contributed by atoms with Gasteiger partial charge in [-0.3, -0.25) is 9.59 Å². The van der Waals surface area contributed by atoms with Crippen molar-refractivity contribution in [2.75, 3.05) is 0 Å². The minimum atomic E-state index is -0.438. The third kappa shape index (κ3) is 4.29. The smallest absolute Gasteiger partial charge is 0.215 e. The number of carbonyl (C=O) groups is 2. The summed E-state index contributed by atoms with van der Waals surface area (Å²) in [6, 6.07) is 9.98. The monoisotopic (exact) mass is 424 g/mol. The van der Waals surface area contributed by atoms with Gasteiger partial charge in [-0.1, -0.05) is 70.2 Å². The molecule has 0 N–H and O–H groups in total. The molecule has 2 aromatic rings. The molecule has 0 amide bonds. The predicted octanol–water partition coefficient (Wildman–Crippen LogP) is 6.69. The number of ketones is 2. The van der Waals surface area contributed by atoms with Crippen LogP contribution < -0.4 is 0 Å².